The Morgan fingerprint density at radius 3 is 2.05 bits per heavy atom. The van der Waals surface area contributed by atoms with Gasteiger partial charge in [-0.3, -0.25) is 14.9 Å². The van der Waals surface area contributed by atoms with Crippen molar-refractivity contribution in [3.63, 3.8) is 0 Å². The highest BCUT2D eigenvalue weighted by Gasteiger charge is 2.53. The molecule has 60 heavy (non-hydrogen) atoms. The van der Waals surface area contributed by atoms with Gasteiger partial charge >= 0.3 is 12.1 Å². The van der Waals surface area contributed by atoms with Gasteiger partial charge in [0.25, 0.3) is 0 Å². The lowest BCUT2D eigenvalue weighted by atomic mass is 9.74. The van der Waals surface area contributed by atoms with Gasteiger partial charge in [0.15, 0.2) is 6.29 Å². The van der Waals surface area contributed by atoms with E-state index in [4.69, 9.17) is 33.2 Å². The number of benzene rings is 1. The number of aliphatic hydroxyl groups is 3. The largest absolute Gasteiger partial charge is 0.459 e. The fourth-order valence-corrected chi connectivity index (χ4v) is 9.78. The van der Waals surface area contributed by atoms with E-state index < -0.39 is 102 Å². The number of anilines is 1. The Bertz CT molecular complexity index is 1550. The molecular weight excluding hydrogens is 776 g/mol. The number of ether oxygens (including phenoxy) is 7. The van der Waals surface area contributed by atoms with E-state index in [-0.39, 0.29) is 43.1 Å². The third kappa shape index (κ3) is 11.4. The average Bonchev–Trinajstić information content (AvgIpc) is 3.21. The lowest BCUT2D eigenvalue weighted by Gasteiger charge is -2.50. The van der Waals surface area contributed by atoms with Crippen molar-refractivity contribution >= 4 is 23.5 Å². The molecule has 15 nitrogen and oxygen atoms in total. The molecule has 4 rings (SSSR count). The Kier molecular flexibility index (Phi) is 17.6. The number of cyclic esters (lactones) is 1. The number of nitrogens with zero attached hydrogens (tertiary/aromatic N) is 1. The van der Waals surface area contributed by atoms with Gasteiger partial charge in [-0.05, 0) is 85.5 Å². The number of methoxy groups -OCH3 is 2. The Morgan fingerprint density at radius 1 is 0.850 bits per heavy atom. The maximum atomic E-state index is 14.3. The summed E-state index contributed by atoms with van der Waals surface area (Å²) < 4.78 is 44.7. The van der Waals surface area contributed by atoms with Crippen LogP contribution in [0, 0.1) is 29.6 Å². The number of ketones is 1. The van der Waals surface area contributed by atoms with Crippen LogP contribution < -0.4 is 5.32 Å². The first-order valence-corrected chi connectivity index (χ1v) is 21.6. The molecule has 342 valence electrons. The Labute approximate surface area is 357 Å². The van der Waals surface area contributed by atoms with Crippen LogP contribution in [0.25, 0.3) is 0 Å². The zero-order chi connectivity index (χ0) is 44.9. The van der Waals surface area contributed by atoms with Gasteiger partial charge in [0.2, 0.25) is 0 Å². The average molecular weight is 851 g/mol. The summed E-state index contributed by atoms with van der Waals surface area (Å²) in [5, 5.41) is 37.1. The molecule has 3 fully saturated rings. The smallest absolute Gasteiger partial charge is 0.412 e. The van der Waals surface area contributed by atoms with Gasteiger partial charge < -0.3 is 53.4 Å². The molecule has 1 unspecified atom stereocenters. The van der Waals surface area contributed by atoms with Gasteiger partial charge in [-0.2, -0.15) is 0 Å². The summed E-state index contributed by atoms with van der Waals surface area (Å²) in [6.07, 6.45) is -8.70. The van der Waals surface area contributed by atoms with Gasteiger partial charge in [-0.1, -0.05) is 52.8 Å². The number of likely N-dealkylation sites (N-methyl/N-ethyl adjacent to an activating group) is 1. The zero-order valence-corrected chi connectivity index (χ0v) is 38.0. The summed E-state index contributed by atoms with van der Waals surface area (Å²) in [4.78, 5) is 43.4. The highest BCUT2D eigenvalue weighted by Crippen LogP contribution is 2.43. The van der Waals surface area contributed by atoms with Crippen molar-refractivity contribution in [1.29, 1.82) is 0 Å². The number of hydrogen-bond acceptors (Lipinski definition) is 14. The molecule has 1 amide bonds. The topological polar surface area (TPSA) is 192 Å². The first kappa shape index (κ1) is 49.9. The van der Waals surface area contributed by atoms with Crippen LogP contribution in [0.3, 0.4) is 0 Å². The molecule has 1 aliphatic carbocycles. The molecular formula is C45H74N2O13. The maximum Gasteiger partial charge on any atom is 0.412 e. The summed E-state index contributed by atoms with van der Waals surface area (Å²) in [6, 6.07) is 8.72. The van der Waals surface area contributed by atoms with E-state index in [0.717, 1.165) is 0 Å². The molecule has 0 spiro atoms. The predicted octanol–water partition coefficient (Wildman–Crippen LogP) is 4.97. The second-order valence-corrected chi connectivity index (χ2v) is 18.4. The standard InChI is InChI=1S/C45H74N2O13/c1-14-33-37(51)35(49)27(5)34(48)25(3)22-44(8,54-12)40(59-42-36(50)32(47(10)11)21-26(4)56-42)28(6)38(29(7)41(52)58-33)57-31-20-24(2)39(45(9,23-31)55-13)60-43(53)46-30-18-16-15-17-19-30/h15-19,24-29,31-33,35-40,42,49-51H,14,20-23H2,1-13H3,(H,46,53)/t24-,25-,26-,27+,28+,29-,31-,32+,33-,35-,36-,37-,38?,39+,40-,42+,44-,45-/m1/s1. The summed E-state index contributed by atoms with van der Waals surface area (Å²) in [7, 11) is 6.85. The first-order valence-electron chi connectivity index (χ1n) is 21.6. The SMILES string of the molecule is CC[C@H]1OC(=O)[C@H](C)C(O[C@@H]2C[C@@H](C)[C@H](OC(=O)Nc3ccccc3)[C@](C)(OC)C2)[C@H](C)[C@@H](O[C@@H]2O[C@H](C)C[C@H](N(C)C)[C@H]2O)[C@](C)(OC)C[C@@H](C)C(=O)[C@H](C)[C@@H](O)[C@@H]1O. The Balaban J connectivity index is 1.78. The molecule has 18 atom stereocenters. The van der Waals surface area contributed by atoms with Crippen molar-refractivity contribution in [2.75, 3.05) is 33.6 Å². The number of esters is 1. The number of amides is 1. The molecule has 2 aliphatic heterocycles. The van der Waals surface area contributed by atoms with E-state index in [1.807, 2.05) is 71.8 Å². The van der Waals surface area contributed by atoms with E-state index >= 15 is 0 Å². The molecule has 0 aromatic heterocycles. The van der Waals surface area contributed by atoms with E-state index in [2.05, 4.69) is 5.32 Å². The minimum absolute atomic E-state index is 0.120. The summed E-state index contributed by atoms with van der Waals surface area (Å²) >= 11 is 0. The van der Waals surface area contributed by atoms with Gasteiger partial charge in [0.1, 0.15) is 35.8 Å². The Hall–Kier alpha value is -2.73. The highest BCUT2D eigenvalue weighted by molar-refractivity contribution is 5.85. The van der Waals surface area contributed by atoms with Gasteiger partial charge in [-0.25, -0.2) is 4.79 Å². The van der Waals surface area contributed by atoms with E-state index in [0.29, 0.717) is 18.5 Å². The number of rotatable bonds is 10. The maximum absolute atomic E-state index is 14.3. The van der Waals surface area contributed by atoms with Crippen LogP contribution in [0.4, 0.5) is 10.5 Å². The molecule has 2 heterocycles. The fraction of sp³-hybridized carbons (Fsp3) is 0.800. The normalized spacial score (nSPS) is 42.5. The van der Waals surface area contributed by atoms with Crippen LogP contribution >= 0.6 is 0 Å². The molecule has 2 saturated heterocycles. The summed E-state index contributed by atoms with van der Waals surface area (Å²) in [6.45, 7) is 16.2. The number of aliphatic hydroxyl groups excluding tert-OH is 3. The highest BCUT2D eigenvalue weighted by atomic mass is 16.7. The second kappa shape index (κ2) is 21.1. The molecule has 15 heteroatoms. The van der Waals surface area contributed by atoms with Crippen LogP contribution in [0.5, 0.6) is 0 Å². The number of nitrogens with one attached hydrogen (secondary N) is 1. The second-order valence-electron chi connectivity index (χ2n) is 18.4. The zero-order valence-electron chi connectivity index (χ0n) is 38.0. The molecule has 4 N–H and O–H groups in total. The minimum Gasteiger partial charge on any atom is -0.459 e. The number of carbonyl (C=O) groups excluding carboxylic acids is 3. The number of carbonyl (C=O) groups is 3. The van der Waals surface area contributed by atoms with E-state index in [9.17, 15) is 29.7 Å². The number of para-hydroxylation sites is 1. The van der Waals surface area contributed by atoms with Crippen LogP contribution in [0.15, 0.2) is 30.3 Å². The quantitative estimate of drug-likeness (QED) is 0.231. The summed E-state index contributed by atoms with van der Waals surface area (Å²) in [5.74, 6) is -4.58. The van der Waals surface area contributed by atoms with Crippen LogP contribution in [0.2, 0.25) is 0 Å². The lowest BCUT2D eigenvalue weighted by molar-refractivity contribution is -0.304. The monoisotopic (exact) mass is 851 g/mol. The molecule has 1 aromatic carbocycles. The number of hydrogen-bond donors (Lipinski definition) is 4. The van der Waals surface area contributed by atoms with Crippen molar-refractivity contribution in [3.05, 3.63) is 30.3 Å². The predicted molar refractivity (Wildman–Crippen MR) is 224 cm³/mol. The van der Waals surface area contributed by atoms with Crippen LogP contribution in [-0.4, -0.2) is 145 Å². The third-order valence-corrected chi connectivity index (χ3v) is 13.5. The summed E-state index contributed by atoms with van der Waals surface area (Å²) in [5.41, 5.74) is -1.66. The lowest BCUT2D eigenvalue weighted by Crippen LogP contribution is -2.60. The van der Waals surface area contributed by atoms with Gasteiger partial charge in [-0.15, -0.1) is 0 Å². The van der Waals surface area contributed by atoms with Gasteiger partial charge in [0, 0.05) is 50.1 Å². The van der Waals surface area contributed by atoms with Crippen molar-refractivity contribution in [1.82, 2.24) is 4.90 Å². The van der Waals surface area contributed by atoms with Gasteiger partial charge in [0.05, 0.1) is 42.0 Å². The number of Topliss-reactive ketones (excluding diaryl/α,β-unsaturated/α-hetero) is 1. The van der Waals surface area contributed by atoms with Crippen LogP contribution in [-0.2, 0) is 42.7 Å². The first-order chi connectivity index (χ1) is 28.1. The molecule has 0 radical (unpaired) electrons. The molecule has 3 aliphatic rings. The molecule has 1 aromatic rings. The van der Waals surface area contributed by atoms with Crippen LogP contribution in [0.1, 0.15) is 94.4 Å². The molecule has 1 saturated carbocycles. The molecule has 0 bridgehead atoms. The van der Waals surface area contributed by atoms with E-state index in [1.54, 1.807) is 46.9 Å². The van der Waals surface area contributed by atoms with Crippen molar-refractivity contribution < 1.29 is 62.9 Å². The van der Waals surface area contributed by atoms with Crippen molar-refractivity contribution in [2.24, 2.45) is 29.6 Å². The Morgan fingerprint density at radius 2 is 1.47 bits per heavy atom. The van der Waals surface area contributed by atoms with Crippen molar-refractivity contribution in [3.8, 4) is 0 Å². The third-order valence-electron chi connectivity index (χ3n) is 13.5. The fourth-order valence-electron chi connectivity index (χ4n) is 9.78. The minimum atomic E-state index is -1.53. The van der Waals surface area contributed by atoms with E-state index in [1.165, 1.54) is 7.11 Å². The van der Waals surface area contributed by atoms with Crippen molar-refractivity contribution in [2.45, 2.75) is 173 Å².